The van der Waals surface area contributed by atoms with Crippen molar-refractivity contribution in [2.45, 2.75) is 64.3 Å². The summed E-state index contributed by atoms with van der Waals surface area (Å²) in [5.74, 6) is 0.255. The molecule has 24 heavy (non-hydrogen) atoms. The minimum atomic E-state index is -0.645. The van der Waals surface area contributed by atoms with Crippen molar-refractivity contribution in [1.82, 2.24) is 0 Å². The second-order valence-electron chi connectivity index (χ2n) is 7.57. The lowest BCUT2D eigenvalue weighted by Gasteiger charge is -2.32. The zero-order chi connectivity index (χ0) is 17.4. The van der Waals surface area contributed by atoms with Crippen LogP contribution in [-0.4, -0.2) is 37.6 Å². The normalized spacial score (nSPS) is 25.7. The van der Waals surface area contributed by atoms with Gasteiger partial charge in [-0.3, -0.25) is 0 Å². The molecule has 6 heteroatoms. The standard InChI is InChI=1S/C18H26BFO4/c1-17(2)18(3,4)24-19(23-17)15-11-13(20)8-9-16(15)22-12-14-7-5-6-10-21-14/h8-9,11,14H,5-7,10,12H2,1-4H3. The van der Waals surface area contributed by atoms with Gasteiger partial charge in [0.05, 0.1) is 17.3 Å². The third kappa shape index (κ3) is 3.61. The Morgan fingerprint density at radius 2 is 1.88 bits per heavy atom. The summed E-state index contributed by atoms with van der Waals surface area (Å²) in [6.07, 6.45) is 3.34. The molecule has 1 atom stereocenters. The SMILES string of the molecule is CC1(C)OB(c2cc(F)ccc2OCC2CCCCO2)OC1(C)C. The number of rotatable bonds is 4. The molecular weight excluding hydrogens is 310 g/mol. The number of ether oxygens (including phenoxy) is 2. The van der Waals surface area contributed by atoms with Crippen molar-refractivity contribution in [3.05, 3.63) is 24.0 Å². The summed E-state index contributed by atoms with van der Waals surface area (Å²) in [5, 5.41) is 0. The van der Waals surface area contributed by atoms with Gasteiger partial charge in [-0.2, -0.15) is 0 Å². The maximum Gasteiger partial charge on any atom is 0.498 e. The van der Waals surface area contributed by atoms with Crippen molar-refractivity contribution in [1.29, 1.82) is 0 Å². The van der Waals surface area contributed by atoms with Gasteiger partial charge in [-0.1, -0.05) is 0 Å². The number of halogens is 1. The maximum absolute atomic E-state index is 13.8. The maximum atomic E-state index is 13.8. The van der Waals surface area contributed by atoms with E-state index in [1.807, 2.05) is 27.7 Å². The topological polar surface area (TPSA) is 36.9 Å². The van der Waals surface area contributed by atoms with E-state index in [0.29, 0.717) is 17.8 Å². The molecule has 0 bridgehead atoms. The Kier molecular flexibility index (Phi) is 4.91. The highest BCUT2D eigenvalue weighted by Gasteiger charge is 2.52. The minimum absolute atomic E-state index is 0.0925. The third-order valence-electron chi connectivity index (χ3n) is 5.18. The van der Waals surface area contributed by atoms with Gasteiger partial charge in [0.25, 0.3) is 0 Å². The zero-order valence-corrected chi connectivity index (χ0v) is 14.9. The second kappa shape index (κ2) is 6.66. The van der Waals surface area contributed by atoms with E-state index in [9.17, 15) is 4.39 Å². The molecule has 1 aromatic carbocycles. The molecule has 0 aromatic heterocycles. The van der Waals surface area contributed by atoms with Crippen LogP contribution in [-0.2, 0) is 14.0 Å². The van der Waals surface area contributed by atoms with Crippen molar-refractivity contribution < 1.29 is 23.2 Å². The fraction of sp³-hybridized carbons (Fsp3) is 0.667. The lowest BCUT2D eigenvalue weighted by molar-refractivity contribution is -0.0109. The van der Waals surface area contributed by atoms with Crippen LogP contribution >= 0.6 is 0 Å². The second-order valence-corrected chi connectivity index (χ2v) is 7.57. The Hall–Kier alpha value is -1.11. The summed E-state index contributed by atoms with van der Waals surface area (Å²) in [6, 6.07) is 4.46. The monoisotopic (exact) mass is 336 g/mol. The predicted molar refractivity (Wildman–Crippen MR) is 91.2 cm³/mol. The van der Waals surface area contributed by atoms with Gasteiger partial charge in [0.15, 0.2) is 0 Å². The molecule has 0 saturated carbocycles. The highest BCUT2D eigenvalue weighted by molar-refractivity contribution is 6.63. The molecule has 2 fully saturated rings. The van der Waals surface area contributed by atoms with E-state index in [-0.39, 0.29) is 11.9 Å². The Labute approximate surface area is 143 Å². The van der Waals surface area contributed by atoms with Crippen molar-refractivity contribution >= 4 is 12.6 Å². The van der Waals surface area contributed by atoms with Gasteiger partial charge in [-0.25, -0.2) is 4.39 Å². The summed E-state index contributed by atoms with van der Waals surface area (Å²) in [5.41, 5.74) is -0.369. The first-order chi connectivity index (χ1) is 11.3. The van der Waals surface area contributed by atoms with Gasteiger partial charge in [-0.05, 0) is 65.2 Å². The first-order valence-corrected chi connectivity index (χ1v) is 8.68. The Morgan fingerprint density at radius 3 is 2.50 bits per heavy atom. The molecule has 1 unspecified atom stereocenters. The first-order valence-electron chi connectivity index (χ1n) is 8.68. The fourth-order valence-electron chi connectivity index (χ4n) is 2.93. The van der Waals surface area contributed by atoms with E-state index in [1.165, 1.54) is 12.1 Å². The van der Waals surface area contributed by atoms with Crippen LogP contribution < -0.4 is 10.2 Å². The zero-order valence-electron chi connectivity index (χ0n) is 14.9. The molecule has 1 aromatic rings. The molecular formula is C18H26BFO4. The fourth-order valence-corrected chi connectivity index (χ4v) is 2.93. The van der Waals surface area contributed by atoms with Gasteiger partial charge < -0.3 is 18.8 Å². The minimum Gasteiger partial charge on any atom is -0.491 e. The summed E-state index contributed by atoms with van der Waals surface area (Å²) >= 11 is 0. The van der Waals surface area contributed by atoms with Crippen LogP contribution in [0.1, 0.15) is 47.0 Å². The Morgan fingerprint density at radius 1 is 1.17 bits per heavy atom. The van der Waals surface area contributed by atoms with Crippen LogP contribution in [0.5, 0.6) is 5.75 Å². The van der Waals surface area contributed by atoms with Gasteiger partial charge in [0, 0.05) is 12.1 Å². The Balaban J connectivity index is 1.76. The van der Waals surface area contributed by atoms with Crippen molar-refractivity contribution in [3.63, 3.8) is 0 Å². The van der Waals surface area contributed by atoms with Crippen LogP contribution in [0.4, 0.5) is 4.39 Å². The quantitative estimate of drug-likeness (QED) is 0.792. The largest absolute Gasteiger partial charge is 0.498 e. The summed E-state index contributed by atoms with van der Waals surface area (Å²) in [7, 11) is -0.645. The van der Waals surface area contributed by atoms with Crippen LogP contribution in [0.25, 0.3) is 0 Å². The summed E-state index contributed by atoms with van der Waals surface area (Å²) in [4.78, 5) is 0. The average Bonchev–Trinajstić information content (AvgIpc) is 2.75. The van der Waals surface area contributed by atoms with Crippen LogP contribution in [0.3, 0.4) is 0 Å². The molecule has 2 heterocycles. The van der Waals surface area contributed by atoms with E-state index in [1.54, 1.807) is 6.07 Å². The van der Waals surface area contributed by atoms with Crippen LogP contribution in [0, 0.1) is 5.82 Å². The molecule has 2 aliphatic rings. The number of hydrogen-bond donors (Lipinski definition) is 0. The third-order valence-corrected chi connectivity index (χ3v) is 5.18. The lowest BCUT2D eigenvalue weighted by atomic mass is 9.78. The molecule has 0 N–H and O–H groups in total. The van der Waals surface area contributed by atoms with E-state index in [4.69, 9.17) is 18.8 Å². The molecule has 3 rings (SSSR count). The van der Waals surface area contributed by atoms with Gasteiger partial charge in [-0.15, -0.1) is 0 Å². The summed E-state index contributed by atoms with van der Waals surface area (Å²) < 4.78 is 37.5. The highest BCUT2D eigenvalue weighted by Crippen LogP contribution is 2.37. The van der Waals surface area contributed by atoms with E-state index in [0.717, 1.165) is 25.9 Å². The van der Waals surface area contributed by atoms with Gasteiger partial charge >= 0.3 is 7.12 Å². The summed E-state index contributed by atoms with van der Waals surface area (Å²) in [6.45, 7) is 9.14. The smallest absolute Gasteiger partial charge is 0.491 e. The van der Waals surface area contributed by atoms with Gasteiger partial charge in [0.2, 0.25) is 0 Å². The van der Waals surface area contributed by atoms with Crippen molar-refractivity contribution in [2.24, 2.45) is 0 Å². The molecule has 2 saturated heterocycles. The van der Waals surface area contributed by atoms with Crippen LogP contribution in [0.2, 0.25) is 0 Å². The molecule has 0 radical (unpaired) electrons. The van der Waals surface area contributed by atoms with Crippen LogP contribution in [0.15, 0.2) is 18.2 Å². The molecule has 132 valence electrons. The predicted octanol–water partition coefficient (Wildman–Crippen LogP) is 3.07. The molecule has 2 aliphatic heterocycles. The highest BCUT2D eigenvalue weighted by atomic mass is 19.1. The molecule has 4 nitrogen and oxygen atoms in total. The molecule has 0 amide bonds. The van der Waals surface area contributed by atoms with Crippen molar-refractivity contribution in [3.8, 4) is 5.75 Å². The number of hydrogen-bond acceptors (Lipinski definition) is 4. The van der Waals surface area contributed by atoms with Crippen molar-refractivity contribution in [2.75, 3.05) is 13.2 Å². The van der Waals surface area contributed by atoms with E-state index >= 15 is 0 Å². The lowest BCUT2D eigenvalue weighted by Crippen LogP contribution is -2.41. The van der Waals surface area contributed by atoms with Gasteiger partial charge in [0.1, 0.15) is 18.2 Å². The average molecular weight is 336 g/mol. The first kappa shape index (κ1) is 17.7. The van der Waals surface area contributed by atoms with E-state index < -0.39 is 18.3 Å². The van der Waals surface area contributed by atoms with E-state index in [2.05, 4.69) is 0 Å². The molecule has 0 aliphatic carbocycles. The molecule has 0 spiro atoms. The number of benzene rings is 1. The Bertz CT molecular complexity index is 568.